The molecule has 1 heterocycles. The van der Waals surface area contributed by atoms with Crippen molar-refractivity contribution in [1.82, 2.24) is 9.78 Å². The maximum absolute atomic E-state index is 10.6. The van der Waals surface area contributed by atoms with E-state index in [4.69, 9.17) is 0 Å². The number of nitro groups is 1. The fourth-order valence-electron chi connectivity index (χ4n) is 1.31. The van der Waals surface area contributed by atoms with E-state index in [1.54, 1.807) is 24.0 Å². The lowest BCUT2D eigenvalue weighted by Gasteiger charge is -1.94. The number of nitro benzene ring substituents is 1. The highest BCUT2D eigenvalue weighted by Crippen LogP contribution is 2.31. The van der Waals surface area contributed by atoms with Crippen molar-refractivity contribution in [2.24, 2.45) is 7.05 Å². The van der Waals surface area contributed by atoms with Crippen molar-refractivity contribution in [3.8, 4) is 0 Å². The summed E-state index contributed by atoms with van der Waals surface area (Å²) in [6.07, 6.45) is 1.74. The zero-order chi connectivity index (χ0) is 10.3. The molecule has 0 saturated carbocycles. The van der Waals surface area contributed by atoms with Gasteiger partial charge in [-0.3, -0.25) is 14.8 Å². The van der Waals surface area contributed by atoms with Gasteiger partial charge in [0.2, 0.25) is 0 Å². The molecule has 0 unspecified atom stereocenters. The number of fused-ring (bicyclic) bond motifs is 1. The Morgan fingerprint density at radius 3 is 2.93 bits per heavy atom. The minimum absolute atomic E-state index is 0.0606. The Balaban J connectivity index is 2.80. The summed E-state index contributed by atoms with van der Waals surface area (Å²) in [5.74, 6) is 0. The second kappa shape index (κ2) is 3.06. The SMILES string of the molecule is Cn1cc2c(Br)c([N+](=O)[O-])ccc2n1. The Morgan fingerprint density at radius 1 is 1.57 bits per heavy atom. The first-order chi connectivity index (χ1) is 6.59. The van der Waals surface area contributed by atoms with E-state index >= 15 is 0 Å². The molecule has 5 nitrogen and oxygen atoms in total. The third-order valence-corrected chi connectivity index (χ3v) is 2.75. The molecule has 0 spiro atoms. The maximum Gasteiger partial charge on any atom is 0.284 e. The average molecular weight is 256 g/mol. The number of aromatic nitrogens is 2. The second-order valence-corrected chi connectivity index (χ2v) is 3.68. The standard InChI is InChI=1S/C8H6BrN3O2/c1-11-4-5-6(10-11)2-3-7(8(5)9)12(13)14/h2-4H,1H3. The molecule has 0 aliphatic heterocycles. The van der Waals surface area contributed by atoms with Crippen LogP contribution in [0.5, 0.6) is 0 Å². The Morgan fingerprint density at radius 2 is 2.29 bits per heavy atom. The molecule has 0 fully saturated rings. The smallest absolute Gasteiger partial charge is 0.275 e. The lowest BCUT2D eigenvalue weighted by Crippen LogP contribution is -1.88. The van der Waals surface area contributed by atoms with Crippen LogP contribution < -0.4 is 0 Å². The molecule has 2 rings (SSSR count). The van der Waals surface area contributed by atoms with Gasteiger partial charge in [0.05, 0.1) is 10.4 Å². The Bertz CT molecular complexity index is 521. The van der Waals surface area contributed by atoms with E-state index in [1.165, 1.54) is 6.07 Å². The molecule has 6 heteroatoms. The highest BCUT2D eigenvalue weighted by molar-refractivity contribution is 9.10. The van der Waals surface area contributed by atoms with Gasteiger partial charge in [0.15, 0.2) is 0 Å². The molecule has 0 radical (unpaired) electrons. The van der Waals surface area contributed by atoms with Crippen LogP contribution in [-0.2, 0) is 7.05 Å². The molecule has 72 valence electrons. The van der Waals surface area contributed by atoms with E-state index in [0.717, 1.165) is 10.9 Å². The van der Waals surface area contributed by atoms with Gasteiger partial charge in [-0.25, -0.2) is 0 Å². The molecule has 0 aliphatic rings. The van der Waals surface area contributed by atoms with Crippen LogP contribution >= 0.6 is 15.9 Å². The van der Waals surface area contributed by atoms with Crippen molar-refractivity contribution in [3.05, 3.63) is 32.9 Å². The normalized spacial score (nSPS) is 10.7. The van der Waals surface area contributed by atoms with Crippen LogP contribution in [0.15, 0.2) is 22.8 Å². The van der Waals surface area contributed by atoms with Crippen molar-refractivity contribution < 1.29 is 4.92 Å². The summed E-state index contributed by atoms with van der Waals surface area (Å²) in [6, 6.07) is 3.08. The molecule has 2 aromatic rings. The molecular weight excluding hydrogens is 250 g/mol. The summed E-state index contributed by atoms with van der Waals surface area (Å²) in [6.45, 7) is 0. The van der Waals surface area contributed by atoms with Gasteiger partial charge >= 0.3 is 0 Å². The first-order valence-electron chi connectivity index (χ1n) is 3.86. The molecule has 14 heavy (non-hydrogen) atoms. The third-order valence-electron chi connectivity index (χ3n) is 1.91. The van der Waals surface area contributed by atoms with Crippen LogP contribution in [0.3, 0.4) is 0 Å². The molecular formula is C8H6BrN3O2. The topological polar surface area (TPSA) is 61.0 Å². The van der Waals surface area contributed by atoms with Crippen molar-refractivity contribution in [2.75, 3.05) is 0 Å². The van der Waals surface area contributed by atoms with Crippen LogP contribution in [0.25, 0.3) is 10.9 Å². The summed E-state index contributed by atoms with van der Waals surface area (Å²) < 4.78 is 2.10. The molecule has 1 aromatic heterocycles. The fraction of sp³-hybridized carbons (Fsp3) is 0.125. The minimum atomic E-state index is -0.420. The maximum atomic E-state index is 10.6. The number of halogens is 1. The predicted octanol–water partition coefficient (Wildman–Crippen LogP) is 2.24. The Hall–Kier alpha value is -1.43. The van der Waals surface area contributed by atoms with Gasteiger partial charge in [-0.15, -0.1) is 0 Å². The van der Waals surface area contributed by atoms with Crippen molar-refractivity contribution >= 4 is 32.5 Å². The largest absolute Gasteiger partial charge is 0.284 e. The zero-order valence-corrected chi connectivity index (χ0v) is 8.85. The summed E-state index contributed by atoms with van der Waals surface area (Å²) >= 11 is 3.20. The lowest BCUT2D eigenvalue weighted by molar-refractivity contribution is -0.385. The zero-order valence-electron chi connectivity index (χ0n) is 7.27. The predicted molar refractivity (Wildman–Crippen MR) is 55.1 cm³/mol. The monoisotopic (exact) mass is 255 g/mol. The summed E-state index contributed by atoms with van der Waals surface area (Å²) in [4.78, 5) is 10.2. The summed E-state index contributed by atoms with van der Waals surface area (Å²) in [5, 5.41) is 15.5. The van der Waals surface area contributed by atoms with E-state index in [2.05, 4.69) is 21.0 Å². The van der Waals surface area contributed by atoms with Crippen LogP contribution in [0, 0.1) is 10.1 Å². The molecule has 0 aliphatic carbocycles. The van der Waals surface area contributed by atoms with Crippen molar-refractivity contribution in [3.63, 3.8) is 0 Å². The van der Waals surface area contributed by atoms with Crippen LogP contribution in [0.2, 0.25) is 0 Å². The van der Waals surface area contributed by atoms with Gasteiger partial charge < -0.3 is 0 Å². The van der Waals surface area contributed by atoms with Crippen LogP contribution in [0.1, 0.15) is 0 Å². The summed E-state index contributed by atoms with van der Waals surface area (Å²) in [7, 11) is 1.78. The van der Waals surface area contributed by atoms with Crippen molar-refractivity contribution in [1.29, 1.82) is 0 Å². The van der Waals surface area contributed by atoms with Gasteiger partial charge in [-0.1, -0.05) is 0 Å². The van der Waals surface area contributed by atoms with Gasteiger partial charge in [0.25, 0.3) is 5.69 Å². The van der Waals surface area contributed by atoms with E-state index in [-0.39, 0.29) is 5.69 Å². The number of aryl methyl sites for hydroxylation is 1. The number of hydrogen-bond donors (Lipinski definition) is 0. The average Bonchev–Trinajstić information content (AvgIpc) is 2.46. The van der Waals surface area contributed by atoms with E-state index in [0.29, 0.717) is 4.47 Å². The first-order valence-corrected chi connectivity index (χ1v) is 4.65. The molecule has 0 N–H and O–H groups in total. The minimum Gasteiger partial charge on any atom is -0.275 e. The van der Waals surface area contributed by atoms with Gasteiger partial charge in [0.1, 0.15) is 4.47 Å². The third kappa shape index (κ3) is 1.27. The molecule has 0 atom stereocenters. The highest BCUT2D eigenvalue weighted by atomic mass is 79.9. The fourth-order valence-corrected chi connectivity index (χ4v) is 1.89. The highest BCUT2D eigenvalue weighted by Gasteiger charge is 2.15. The van der Waals surface area contributed by atoms with E-state index in [1.807, 2.05) is 0 Å². The van der Waals surface area contributed by atoms with Crippen molar-refractivity contribution in [2.45, 2.75) is 0 Å². The summed E-state index contributed by atoms with van der Waals surface area (Å²) in [5.41, 5.74) is 0.801. The number of nitrogens with zero attached hydrogens (tertiary/aromatic N) is 3. The number of hydrogen-bond acceptors (Lipinski definition) is 3. The first kappa shape index (κ1) is 9.14. The van der Waals surface area contributed by atoms with Gasteiger partial charge in [-0.2, -0.15) is 5.10 Å². The number of benzene rings is 1. The van der Waals surface area contributed by atoms with Crippen LogP contribution in [-0.4, -0.2) is 14.7 Å². The molecule has 1 aromatic carbocycles. The second-order valence-electron chi connectivity index (χ2n) is 2.89. The Kier molecular flexibility index (Phi) is 1.99. The molecule has 0 saturated heterocycles. The molecule has 0 bridgehead atoms. The van der Waals surface area contributed by atoms with Gasteiger partial charge in [0, 0.05) is 24.7 Å². The lowest BCUT2D eigenvalue weighted by atomic mass is 10.2. The quantitative estimate of drug-likeness (QED) is 0.580. The number of rotatable bonds is 1. The Labute approximate surface area is 87.6 Å². The van der Waals surface area contributed by atoms with Crippen LogP contribution in [0.4, 0.5) is 5.69 Å². The van der Waals surface area contributed by atoms with E-state index in [9.17, 15) is 10.1 Å². The van der Waals surface area contributed by atoms with E-state index < -0.39 is 4.92 Å². The molecule has 0 amide bonds. The van der Waals surface area contributed by atoms with Gasteiger partial charge in [-0.05, 0) is 22.0 Å².